The summed E-state index contributed by atoms with van der Waals surface area (Å²) in [4.78, 5) is 1.03. The fourth-order valence-electron chi connectivity index (χ4n) is 2.54. The number of nitrogens with zero attached hydrogens (tertiary/aromatic N) is 2. The molecule has 6 nitrogen and oxygen atoms in total. The zero-order chi connectivity index (χ0) is 23.2. The lowest BCUT2D eigenvalue weighted by Crippen LogP contribution is -2.20. The van der Waals surface area contributed by atoms with Crippen LogP contribution in [0.2, 0.25) is 0 Å². The van der Waals surface area contributed by atoms with Gasteiger partial charge in [-0.1, -0.05) is 12.1 Å². The van der Waals surface area contributed by atoms with E-state index in [4.69, 9.17) is 14.6 Å². The summed E-state index contributed by atoms with van der Waals surface area (Å²) in [7, 11) is -3.03. The molecule has 1 heterocycles. The first-order valence-electron chi connectivity index (χ1n) is 8.47. The lowest BCUT2D eigenvalue weighted by Gasteiger charge is -2.21. The Labute approximate surface area is 180 Å². The molecule has 1 aliphatic rings. The molecule has 12 heteroatoms. The summed E-state index contributed by atoms with van der Waals surface area (Å²) in [6.45, 7) is 0.529. The van der Waals surface area contributed by atoms with Gasteiger partial charge in [-0.05, 0) is 36.4 Å². The second-order valence-corrected chi connectivity index (χ2v) is 8.34. The highest BCUT2D eigenvalue weighted by Crippen LogP contribution is 2.40. The van der Waals surface area contributed by atoms with Crippen molar-refractivity contribution in [2.75, 3.05) is 24.3 Å². The SMILES string of the molecule is COc1ccccc1N1CCS/C1=C(/C#N)S(=O)(=O)O.Fc1ccc(C(F)(F)F)cc1. The van der Waals surface area contributed by atoms with Crippen molar-refractivity contribution in [1.29, 1.82) is 5.26 Å². The minimum absolute atomic E-state index is 0.222. The third kappa shape index (κ3) is 6.36. The average molecular weight is 476 g/mol. The summed E-state index contributed by atoms with van der Waals surface area (Å²) in [5.74, 6) is 0.520. The topological polar surface area (TPSA) is 90.6 Å². The molecule has 2 aromatic rings. The molecule has 0 aliphatic carbocycles. The van der Waals surface area contributed by atoms with Crippen LogP contribution < -0.4 is 9.64 Å². The molecule has 0 amide bonds. The smallest absolute Gasteiger partial charge is 0.416 e. The van der Waals surface area contributed by atoms with Crippen molar-refractivity contribution in [1.82, 2.24) is 0 Å². The average Bonchev–Trinajstić information content (AvgIpc) is 3.16. The van der Waals surface area contributed by atoms with E-state index in [1.807, 2.05) is 0 Å². The number of allylic oxidation sites excluding steroid dienone is 1. The lowest BCUT2D eigenvalue weighted by molar-refractivity contribution is -0.137. The minimum atomic E-state index is -4.54. The van der Waals surface area contributed by atoms with Crippen LogP contribution in [0.4, 0.5) is 23.2 Å². The number of hydrogen-bond donors (Lipinski definition) is 1. The number of nitriles is 1. The fourth-order valence-corrected chi connectivity index (χ4v) is 4.47. The third-order valence-electron chi connectivity index (χ3n) is 3.90. The predicted molar refractivity (Wildman–Crippen MR) is 108 cm³/mol. The largest absolute Gasteiger partial charge is 0.495 e. The Morgan fingerprint density at radius 3 is 2.32 bits per heavy atom. The van der Waals surface area contributed by atoms with E-state index in [0.717, 1.165) is 12.1 Å². The van der Waals surface area contributed by atoms with Crippen LogP contribution in [0.25, 0.3) is 0 Å². The minimum Gasteiger partial charge on any atom is -0.495 e. The van der Waals surface area contributed by atoms with Gasteiger partial charge in [0.25, 0.3) is 0 Å². The first-order chi connectivity index (χ1) is 14.5. The first-order valence-corrected chi connectivity index (χ1v) is 10.9. The van der Waals surface area contributed by atoms with Gasteiger partial charge in [-0.25, -0.2) is 4.39 Å². The zero-order valence-corrected chi connectivity index (χ0v) is 17.6. The van der Waals surface area contributed by atoms with Gasteiger partial charge in [-0.15, -0.1) is 11.8 Å². The molecule has 1 saturated heterocycles. The molecule has 2 aromatic carbocycles. The Hall–Kier alpha value is -2.75. The van der Waals surface area contributed by atoms with Gasteiger partial charge in [0.2, 0.25) is 4.91 Å². The molecular formula is C19H16F4N2O4S2. The molecule has 0 saturated carbocycles. The maximum Gasteiger partial charge on any atom is 0.416 e. The van der Waals surface area contributed by atoms with E-state index in [0.29, 0.717) is 35.9 Å². The molecule has 0 atom stereocenters. The zero-order valence-electron chi connectivity index (χ0n) is 15.9. The van der Waals surface area contributed by atoms with Crippen molar-refractivity contribution < 1.29 is 35.3 Å². The van der Waals surface area contributed by atoms with E-state index in [1.54, 1.807) is 35.2 Å². The van der Waals surface area contributed by atoms with Gasteiger partial charge < -0.3 is 9.64 Å². The summed E-state index contributed by atoms with van der Waals surface area (Å²) in [5.41, 5.74) is -0.176. The summed E-state index contributed by atoms with van der Waals surface area (Å²) in [6, 6.07) is 11.6. The molecule has 0 bridgehead atoms. The third-order valence-corrected chi connectivity index (χ3v) is 5.91. The second-order valence-electron chi connectivity index (χ2n) is 5.90. The van der Waals surface area contributed by atoms with Crippen LogP contribution in [0, 0.1) is 17.1 Å². The fraction of sp³-hybridized carbons (Fsp3) is 0.211. The molecule has 1 N–H and O–H groups in total. The molecule has 0 aromatic heterocycles. The van der Waals surface area contributed by atoms with E-state index in [-0.39, 0.29) is 5.03 Å². The summed E-state index contributed by atoms with van der Waals surface area (Å²) < 4.78 is 84.5. The van der Waals surface area contributed by atoms with E-state index < -0.39 is 32.6 Å². The molecular weight excluding hydrogens is 460 g/mol. The van der Waals surface area contributed by atoms with Crippen molar-refractivity contribution in [3.63, 3.8) is 0 Å². The molecule has 31 heavy (non-hydrogen) atoms. The van der Waals surface area contributed by atoms with Crippen molar-refractivity contribution in [3.05, 3.63) is 69.8 Å². The second kappa shape index (κ2) is 10.0. The van der Waals surface area contributed by atoms with Crippen LogP contribution in [0.15, 0.2) is 58.5 Å². The Morgan fingerprint density at radius 1 is 1.19 bits per heavy atom. The number of anilines is 1. The van der Waals surface area contributed by atoms with Crippen molar-refractivity contribution >= 4 is 27.6 Å². The van der Waals surface area contributed by atoms with Gasteiger partial charge in [-0.2, -0.15) is 26.9 Å². The van der Waals surface area contributed by atoms with Gasteiger partial charge in [0, 0.05) is 12.3 Å². The van der Waals surface area contributed by atoms with Crippen LogP contribution in [0.1, 0.15) is 5.56 Å². The number of benzene rings is 2. The molecule has 1 aliphatic heterocycles. The number of methoxy groups -OCH3 is 1. The molecule has 166 valence electrons. The van der Waals surface area contributed by atoms with Gasteiger partial charge >= 0.3 is 16.3 Å². The van der Waals surface area contributed by atoms with Gasteiger partial charge in [-0.3, -0.25) is 4.55 Å². The number of hydrogen-bond acceptors (Lipinski definition) is 6. The van der Waals surface area contributed by atoms with Gasteiger partial charge in [0.1, 0.15) is 22.7 Å². The van der Waals surface area contributed by atoms with Crippen LogP contribution >= 0.6 is 11.8 Å². The maximum atomic E-state index is 12.1. The Bertz CT molecular complexity index is 1100. The summed E-state index contributed by atoms with van der Waals surface area (Å²) >= 11 is 1.21. The van der Waals surface area contributed by atoms with E-state index in [1.165, 1.54) is 18.9 Å². The van der Waals surface area contributed by atoms with Crippen LogP contribution in [0.5, 0.6) is 5.75 Å². The molecule has 0 spiro atoms. The monoisotopic (exact) mass is 476 g/mol. The Morgan fingerprint density at radius 2 is 1.81 bits per heavy atom. The molecule has 3 rings (SSSR count). The first kappa shape index (κ1) is 24.5. The van der Waals surface area contributed by atoms with Crippen molar-refractivity contribution in [3.8, 4) is 11.8 Å². The Kier molecular flexibility index (Phi) is 7.94. The highest BCUT2D eigenvalue weighted by Gasteiger charge is 2.31. The number of ether oxygens (including phenoxy) is 1. The predicted octanol–water partition coefficient (Wildman–Crippen LogP) is 4.67. The normalized spacial score (nSPS) is 15.6. The van der Waals surface area contributed by atoms with Crippen LogP contribution in [-0.4, -0.2) is 32.4 Å². The maximum absolute atomic E-state index is 12.1. The highest BCUT2D eigenvalue weighted by atomic mass is 32.2. The lowest BCUT2D eigenvalue weighted by atomic mass is 10.2. The number of halogens is 4. The molecule has 0 radical (unpaired) electrons. The molecule has 0 unspecified atom stereocenters. The van der Waals surface area contributed by atoms with Crippen LogP contribution in [0.3, 0.4) is 0 Å². The van der Waals surface area contributed by atoms with Gasteiger partial charge in [0.15, 0.2) is 0 Å². The standard InChI is InChI=1S/C12H12N2O4S2.C7H4F4/c1-18-10-5-3-2-4-9(10)14-6-7-19-12(14)11(8-13)20(15,16)17;8-6-3-1-5(2-4-6)7(9,10)11/h2-5H,6-7H2,1H3,(H,15,16,17);1-4H/b12-11-;. The number of thioether (sulfide) groups is 1. The number of rotatable bonds is 3. The quantitative estimate of drug-likeness (QED) is 0.391. The van der Waals surface area contributed by atoms with Gasteiger partial charge in [0.05, 0.1) is 18.4 Å². The van der Waals surface area contributed by atoms with E-state index >= 15 is 0 Å². The summed E-state index contributed by atoms with van der Waals surface area (Å²) in [5, 5.41) is 9.22. The highest BCUT2D eigenvalue weighted by molar-refractivity contribution is 8.04. The van der Waals surface area contributed by atoms with Crippen molar-refractivity contribution in [2.45, 2.75) is 6.18 Å². The summed E-state index contributed by atoms with van der Waals surface area (Å²) in [6.07, 6.45) is -4.38. The van der Waals surface area contributed by atoms with E-state index in [9.17, 15) is 26.0 Å². The van der Waals surface area contributed by atoms with E-state index in [2.05, 4.69) is 0 Å². The Balaban J connectivity index is 0.000000262. The molecule has 1 fully saturated rings. The number of para-hydroxylation sites is 2. The van der Waals surface area contributed by atoms with Crippen molar-refractivity contribution in [2.24, 2.45) is 0 Å². The number of alkyl halides is 3. The van der Waals surface area contributed by atoms with Crippen LogP contribution in [-0.2, 0) is 16.3 Å².